The number of hydrogen-bond donors (Lipinski definition) is 1. The Morgan fingerprint density at radius 3 is 2.62 bits per heavy atom. The number of para-hydroxylation sites is 1. The lowest BCUT2D eigenvalue weighted by molar-refractivity contribution is -0.114. The molecule has 106 valence electrons. The molecule has 2 N–H and O–H groups in total. The Bertz CT molecular complexity index is 664. The van der Waals surface area contributed by atoms with Crippen LogP contribution in [0.1, 0.15) is 11.1 Å². The maximum Gasteiger partial charge on any atom is 0.251 e. The quantitative estimate of drug-likeness (QED) is 0.858. The van der Waals surface area contributed by atoms with Gasteiger partial charge in [0.25, 0.3) is 5.91 Å². The zero-order chi connectivity index (χ0) is 14.7. The van der Waals surface area contributed by atoms with Crippen LogP contribution in [0, 0.1) is 0 Å². The molecular weight excluding hydrogens is 260 g/mol. The van der Waals surface area contributed by atoms with Crippen LogP contribution >= 0.6 is 0 Å². The van der Waals surface area contributed by atoms with Gasteiger partial charge >= 0.3 is 0 Å². The molecule has 0 spiro atoms. The molecular formula is C18H18N2O. The first kappa shape index (κ1) is 13.6. The van der Waals surface area contributed by atoms with Gasteiger partial charge in [-0.2, -0.15) is 0 Å². The molecule has 0 aliphatic carbocycles. The fourth-order valence-electron chi connectivity index (χ4n) is 2.66. The van der Waals surface area contributed by atoms with E-state index in [0.29, 0.717) is 6.54 Å². The zero-order valence-electron chi connectivity index (χ0n) is 11.8. The maximum absolute atomic E-state index is 12.5. The number of carbonyl (C=O) groups excluding carboxylic acids is 1. The standard InChI is InChI=1S/C18H18N2O/c19-16-12-15-8-4-5-9-17(15)20(13-16)18(21)11-10-14-6-2-1-3-7-14/h1-11,16H,12-13,19H2. The third-order valence-corrected chi connectivity index (χ3v) is 3.67. The Labute approximate surface area is 124 Å². The molecule has 3 rings (SSSR count). The summed E-state index contributed by atoms with van der Waals surface area (Å²) in [5.74, 6) is -0.0264. The molecule has 0 bridgehead atoms. The number of carbonyl (C=O) groups is 1. The van der Waals surface area contributed by atoms with Crippen molar-refractivity contribution in [3.05, 3.63) is 71.8 Å². The highest BCUT2D eigenvalue weighted by Gasteiger charge is 2.24. The van der Waals surface area contributed by atoms with Crippen molar-refractivity contribution in [3.8, 4) is 0 Å². The summed E-state index contributed by atoms with van der Waals surface area (Å²) in [4.78, 5) is 14.2. The second-order valence-electron chi connectivity index (χ2n) is 5.29. The predicted molar refractivity (Wildman–Crippen MR) is 86.0 cm³/mol. The predicted octanol–water partition coefficient (Wildman–Crippen LogP) is 2.62. The third-order valence-electron chi connectivity index (χ3n) is 3.67. The molecule has 1 atom stereocenters. The van der Waals surface area contributed by atoms with E-state index in [1.54, 1.807) is 11.0 Å². The molecule has 1 heterocycles. The maximum atomic E-state index is 12.5. The zero-order valence-corrected chi connectivity index (χ0v) is 11.8. The third kappa shape index (κ3) is 3.03. The van der Waals surface area contributed by atoms with Gasteiger partial charge in [0.15, 0.2) is 0 Å². The lowest BCUT2D eigenvalue weighted by atomic mass is 9.98. The fraction of sp³-hybridized carbons (Fsp3) is 0.167. The lowest BCUT2D eigenvalue weighted by Gasteiger charge is -2.32. The molecule has 3 heteroatoms. The molecule has 21 heavy (non-hydrogen) atoms. The first-order chi connectivity index (χ1) is 10.2. The van der Waals surface area contributed by atoms with Crippen LogP contribution in [-0.2, 0) is 11.2 Å². The van der Waals surface area contributed by atoms with E-state index in [9.17, 15) is 4.79 Å². The Morgan fingerprint density at radius 2 is 1.81 bits per heavy atom. The van der Waals surface area contributed by atoms with Crippen LogP contribution in [0.3, 0.4) is 0 Å². The Hall–Kier alpha value is -2.39. The van der Waals surface area contributed by atoms with Gasteiger partial charge in [0.05, 0.1) is 0 Å². The van der Waals surface area contributed by atoms with Gasteiger partial charge in [0.2, 0.25) is 0 Å². The number of anilines is 1. The number of fused-ring (bicyclic) bond motifs is 1. The topological polar surface area (TPSA) is 46.3 Å². The van der Waals surface area contributed by atoms with E-state index in [4.69, 9.17) is 5.73 Å². The van der Waals surface area contributed by atoms with Crippen molar-refractivity contribution < 1.29 is 4.79 Å². The van der Waals surface area contributed by atoms with Gasteiger partial charge in [-0.3, -0.25) is 4.79 Å². The summed E-state index contributed by atoms with van der Waals surface area (Å²) in [6.45, 7) is 0.564. The molecule has 1 aliphatic rings. The minimum absolute atomic E-state index is 0.00558. The summed E-state index contributed by atoms with van der Waals surface area (Å²) < 4.78 is 0. The Balaban J connectivity index is 1.83. The average Bonchev–Trinajstić information content (AvgIpc) is 2.52. The Morgan fingerprint density at radius 1 is 1.10 bits per heavy atom. The average molecular weight is 278 g/mol. The van der Waals surface area contributed by atoms with E-state index in [-0.39, 0.29) is 11.9 Å². The van der Waals surface area contributed by atoms with Crippen molar-refractivity contribution in [3.63, 3.8) is 0 Å². The van der Waals surface area contributed by atoms with E-state index in [0.717, 1.165) is 23.2 Å². The van der Waals surface area contributed by atoms with Crippen molar-refractivity contribution in [1.82, 2.24) is 0 Å². The molecule has 0 aromatic heterocycles. The van der Waals surface area contributed by atoms with Gasteiger partial charge in [0, 0.05) is 24.4 Å². The van der Waals surface area contributed by atoms with Crippen molar-refractivity contribution >= 4 is 17.7 Å². The Kier molecular flexibility index (Phi) is 3.84. The molecule has 2 aromatic carbocycles. The minimum atomic E-state index is -0.0264. The summed E-state index contributed by atoms with van der Waals surface area (Å²) in [7, 11) is 0. The van der Waals surface area contributed by atoms with Crippen LogP contribution in [0.5, 0.6) is 0 Å². The van der Waals surface area contributed by atoms with Gasteiger partial charge < -0.3 is 10.6 Å². The summed E-state index contributed by atoms with van der Waals surface area (Å²) in [5.41, 5.74) is 9.19. The molecule has 3 nitrogen and oxygen atoms in total. The second-order valence-corrected chi connectivity index (χ2v) is 5.29. The summed E-state index contributed by atoms with van der Waals surface area (Å²) >= 11 is 0. The van der Waals surface area contributed by atoms with Crippen molar-refractivity contribution in [2.75, 3.05) is 11.4 Å². The number of rotatable bonds is 2. The number of amides is 1. The normalized spacial score (nSPS) is 17.8. The molecule has 1 unspecified atom stereocenters. The molecule has 0 saturated heterocycles. The van der Waals surface area contributed by atoms with E-state index in [2.05, 4.69) is 0 Å². The summed E-state index contributed by atoms with van der Waals surface area (Å²) in [6, 6.07) is 17.8. The highest BCUT2D eigenvalue weighted by atomic mass is 16.2. The fourth-order valence-corrected chi connectivity index (χ4v) is 2.66. The van der Waals surface area contributed by atoms with Crippen LogP contribution in [0.25, 0.3) is 6.08 Å². The van der Waals surface area contributed by atoms with E-state index >= 15 is 0 Å². The van der Waals surface area contributed by atoms with E-state index in [1.807, 2.05) is 60.7 Å². The van der Waals surface area contributed by atoms with Gasteiger partial charge in [-0.25, -0.2) is 0 Å². The molecule has 1 aliphatic heterocycles. The first-order valence-electron chi connectivity index (χ1n) is 7.12. The molecule has 0 radical (unpaired) electrons. The summed E-state index contributed by atoms with van der Waals surface area (Å²) in [5, 5.41) is 0. The number of nitrogens with zero attached hydrogens (tertiary/aromatic N) is 1. The highest BCUT2D eigenvalue weighted by molar-refractivity contribution is 6.04. The van der Waals surface area contributed by atoms with Gasteiger partial charge in [-0.05, 0) is 29.7 Å². The first-order valence-corrected chi connectivity index (χ1v) is 7.12. The van der Waals surface area contributed by atoms with Crippen LogP contribution in [0.2, 0.25) is 0 Å². The second kappa shape index (κ2) is 5.94. The minimum Gasteiger partial charge on any atom is -0.326 e. The highest BCUT2D eigenvalue weighted by Crippen LogP contribution is 2.26. The number of hydrogen-bond acceptors (Lipinski definition) is 2. The van der Waals surface area contributed by atoms with Crippen LogP contribution < -0.4 is 10.6 Å². The van der Waals surface area contributed by atoms with Gasteiger partial charge in [-0.15, -0.1) is 0 Å². The van der Waals surface area contributed by atoms with Crippen molar-refractivity contribution in [2.45, 2.75) is 12.5 Å². The number of nitrogens with two attached hydrogens (primary N) is 1. The monoisotopic (exact) mass is 278 g/mol. The van der Waals surface area contributed by atoms with E-state index < -0.39 is 0 Å². The van der Waals surface area contributed by atoms with Crippen LogP contribution in [0.15, 0.2) is 60.7 Å². The largest absolute Gasteiger partial charge is 0.326 e. The number of benzene rings is 2. The van der Waals surface area contributed by atoms with Crippen molar-refractivity contribution in [1.29, 1.82) is 0 Å². The smallest absolute Gasteiger partial charge is 0.251 e. The van der Waals surface area contributed by atoms with Crippen molar-refractivity contribution in [2.24, 2.45) is 5.73 Å². The summed E-state index contributed by atoms with van der Waals surface area (Å²) in [6.07, 6.45) is 4.28. The van der Waals surface area contributed by atoms with Crippen LogP contribution in [-0.4, -0.2) is 18.5 Å². The molecule has 0 fully saturated rings. The van der Waals surface area contributed by atoms with Gasteiger partial charge in [-0.1, -0.05) is 48.5 Å². The lowest BCUT2D eigenvalue weighted by Crippen LogP contribution is -2.45. The van der Waals surface area contributed by atoms with E-state index in [1.165, 1.54) is 0 Å². The SMILES string of the molecule is NC1Cc2ccccc2N(C(=O)C=Cc2ccccc2)C1. The molecule has 1 amide bonds. The van der Waals surface area contributed by atoms with Gasteiger partial charge in [0.1, 0.15) is 0 Å². The molecule has 2 aromatic rings. The van der Waals surface area contributed by atoms with Crippen LogP contribution in [0.4, 0.5) is 5.69 Å². The molecule has 0 saturated carbocycles.